The van der Waals surface area contributed by atoms with Crippen molar-refractivity contribution in [2.45, 2.75) is 13.0 Å². The Morgan fingerprint density at radius 2 is 1.60 bits per heavy atom. The zero-order valence-corrected chi connectivity index (χ0v) is 14.5. The summed E-state index contributed by atoms with van der Waals surface area (Å²) >= 11 is 0. The maximum absolute atomic E-state index is 12.8. The van der Waals surface area contributed by atoms with Crippen LogP contribution >= 0.6 is 0 Å². The van der Waals surface area contributed by atoms with Crippen molar-refractivity contribution in [3.05, 3.63) is 59.9 Å². The van der Waals surface area contributed by atoms with Gasteiger partial charge in [-0.05, 0) is 42.0 Å². The molecule has 0 unspecified atom stereocenters. The van der Waals surface area contributed by atoms with E-state index in [1.54, 1.807) is 24.3 Å². The van der Waals surface area contributed by atoms with E-state index < -0.39 is 10.0 Å². The van der Waals surface area contributed by atoms with Gasteiger partial charge in [-0.3, -0.25) is 4.79 Å². The Bertz CT molecular complexity index is 806. The molecule has 0 radical (unpaired) electrons. The molecule has 0 spiro atoms. The molecular formula is C17H19FN2O4S. The summed E-state index contributed by atoms with van der Waals surface area (Å²) in [5.74, 6) is 0.549. The van der Waals surface area contributed by atoms with Crippen LogP contribution in [0.3, 0.4) is 0 Å². The molecule has 2 N–H and O–H groups in total. The molecule has 0 fully saturated rings. The van der Waals surface area contributed by atoms with Crippen LogP contribution in [0.4, 0.5) is 4.39 Å². The van der Waals surface area contributed by atoms with Gasteiger partial charge in [0, 0.05) is 19.5 Å². The van der Waals surface area contributed by atoms with Crippen LogP contribution in [0, 0.1) is 5.82 Å². The lowest BCUT2D eigenvalue weighted by molar-refractivity contribution is -0.121. The molecule has 2 rings (SSSR count). The first kappa shape index (κ1) is 18.9. The van der Waals surface area contributed by atoms with Gasteiger partial charge in [-0.1, -0.05) is 12.1 Å². The first-order chi connectivity index (χ1) is 11.8. The Morgan fingerprint density at radius 3 is 2.16 bits per heavy atom. The summed E-state index contributed by atoms with van der Waals surface area (Å²) in [7, 11) is -3.28. The highest BCUT2D eigenvalue weighted by Crippen LogP contribution is 2.21. The van der Waals surface area contributed by atoms with E-state index in [1.165, 1.54) is 24.3 Å². The summed E-state index contributed by atoms with van der Waals surface area (Å²) in [6, 6.07) is 12.8. The third kappa shape index (κ3) is 7.32. The third-order valence-electron chi connectivity index (χ3n) is 3.18. The van der Waals surface area contributed by atoms with Gasteiger partial charge in [-0.15, -0.1) is 0 Å². The highest BCUT2D eigenvalue weighted by molar-refractivity contribution is 7.88. The number of rotatable bonds is 8. The molecule has 0 bridgehead atoms. The van der Waals surface area contributed by atoms with E-state index in [1.807, 2.05) is 0 Å². The highest BCUT2D eigenvalue weighted by atomic mass is 32.2. The van der Waals surface area contributed by atoms with Gasteiger partial charge in [-0.2, -0.15) is 0 Å². The second kappa shape index (κ2) is 8.59. The molecule has 0 aliphatic rings. The van der Waals surface area contributed by atoms with Crippen molar-refractivity contribution >= 4 is 15.9 Å². The number of nitrogens with one attached hydrogen (secondary N) is 2. The van der Waals surface area contributed by atoms with Crippen molar-refractivity contribution in [2.75, 3.05) is 12.8 Å². The maximum Gasteiger partial charge on any atom is 0.221 e. The summed E-state index contributed by atoms with van der Waals surface area (Å²) in [5.41, 5.74) is 0.871. The molecule has 0 atom stereocenters. The number of sulfonamides is 1. The largest absolute Gasteiger partial charge is 0.457 e. The Morgan fingerprint density at radius 1 is 1.04 bits per heavy atom. The van der Waals surface area contributed by atoms with Gasteiger partial charge < -0.3 is 10.1 Å². The van der Waals surface area contributed by atoms with Crippen molar-refractivity contribution < 1.29 is 22.3 Å². The Hall–Kier alpha value is -2.45. The number of amides is 1. The molecule has 0 heterocycles. The van der Waals surface area contributed by atoms with Gasteiger partial charge in [0.2, 0.25) is 15.9 Å². The summed E-state index contributed by atoms with van der Waals surface area (Å²) in [4.78, 5) is 11.6. The first-order valence-electron chi connectivity index (χ1n) is 7.55. The van der Waals surface area contributed by atoms with Gasteiger partial charge >= 0.3 is 0 Å². The number of carbonyl (C=O) groups excluding carboxylic acids is 1. The number of halogens is 1. The minimum absolute atomic E-state index is 0.0646. The van der Waals surface area contributed by atoms with Crippen LogP contribution in [-0.4, -0.2) is 27.1 Å². The smallest absolute Gasteiger partial charge is 0.221 e. The van der Waals surface area contributed by atoms with E-state index in [9.17, 15) is 17.6 Å². The van der Waals surface area contributed by atoms with Crippen molar-refractivity contribution in [3.63, 3.8) is 0 Å². The molecule has 0 aliphatic heterocycles. The second-order valence-electron chi connectivity index (χ2n) is 5.39. The van der Waals surface area contributed by atoms with Crippen molar-refractivity contribution in [1.82, 2.24) is 10.0 Å². The molecule has 1 amide bonds. The maximum atomic E-state index is 12.8. The lowest BCUT2D eigenvalue weighted by atomic mass is 10.2. The second-order valence-corrected chi connectivity index (χ2v) is 7.23. The monoisotopic (exact) mass is 366 g/mol. The quantitative estimate of drug-likeness (QED) is 0.750. The highest BCUT2D eigenvalue weighted by Gasteiger charge is 2.05. The number of carbonyl (C=O) groups is 1. The van der Waals surface area contributed by atoms with Crippen LogP contribution in [0.1, 0.15) is 12.0 Å². The number of ether oxygens (including phenoxy) is 1. The van der Waals surface area contributed by atoms with Crippen LogP contribution < -0.4 is 14.8 Å². The van der Waals surface area contributed by atoms with Gasteiger partial charge in [0.15, 0.2) is 0 Å². The summed E-state index contributed by atoms with van der Waals surface area (Å²) in [5, 5.41) is 2.70. The van der Waals surface area contributed by atoms with Crippen LogP contribution in [0.15, 0.2) is 48.5 Å². The van der Waals surface area contributed by atoms with Crippen LogP contribution in [0.2, 0.25) is 0 Å². The first-order valence-corrected chi connectivity index (χ1v) is 9.45. The summed E-state index contributed by atoms with van der Waals surface area (Å²) in [6.45, 7) is 0.393. The van der Waals surface area contributed by atoms with E-state index in [2.05, 4.69) is 10.0 Å². The molecule has 2 aromatic carbocycles. The van der Waals surface area contributed by atoms with E-state index in [0.29, 0.717) is 18.0 Å². The molecule has 8 heteroatoms. The SMILES string of the molecule is CS(=O)(=O)NCCC(=O)NCc1ccc(Oc2ccc(F)cc2)cc1. The Labute approximate surface area is 146 Å². The fourth-order valence-electron chi connectivity index (χ4n) is 1.95. The zero-order valence-electron chi connectivity index (χ0n) is 13.7. The molecule has 0 saturated carbocycles. The van der Waals surface area contributed by atoms with E-state index >= 15 is 0 Å². The van der Waals surface area contributed by atoms with Crippen molar-refractivity contribution in [2.24, 2.45) is 0 Å². The molecule has 6 nitrogen and oxygen atoms in total. The van der Waals surface area contributed by atoms with Gasteiger partial charge in [0.05, 0.1) is 6.26 Å². The fourth-order valence-corrected chi connectivity index (χ4v) is 2.43. The van der Waals surface area contributed by atoms with E-state index in [0.717, 1.165) is 11.8 Å². The van der Waals surface area contributed by atoms with E-state index in [4.69, 9.17) is 4.74 Å². The Balaban J connectivity index is 1.78. The third-order valence-corrected chi connectivity index (χ3v) is 3.91. The lowest BCUT2D eigenvalue weighted by Crippen LogP contribution is -2.29. The van der Waals surface area contributed by atoms with Crippen LogP contribution in [0.5, 0.6) is 11.5 Å². The normalized spacial score (nSPS) is 11.1. The van der Waals surface area contributed by atoms with Crippen LogP contribution in [-0.2, 0) is 21.4 Å². The molecule has 25 heavy (non-hydrogen) atoms. The average molecular weight is 366 g/mol. The van der Waals surface area contributed by atoms with Gasteiger partial charge in [-0.25, -0.2) is 17.5 Å². The van der Waals surface area contributed by atoms with Crippen LogP contribution in [0.25, 0.3) is 0 Å². The van der Waals surface area contributed by atoms with Gasteiger partial charge in [0.1, 0.15) is 17.3 Å². The standard InChI is InChI=1S/C17H19FN2O4S/c1-25(22,23)20-11-10-17(21)19-12-13-2-6-15(7-3-13)24-16-8-4-14(18)5-9-16/h2-9,20H,10-12H2,1H3,(H,19,21). The number of benzene rings is 2. The molecule has 134 valence electrons. The minimum atomic E-state index is -3.28. The topological polar surface area (TPSA) is 84.5 Å². The predicted molar refractivity (Wildman–Crippen MR) is 92.2 cm³/mol. The van der Waals surface area contributed by atoms with E-state index in [-0.39, 0.29) is 24.7 Å². The molecular weight excluding hydrogens is 347 g/mol. The molecule has 0 aliphatic carbocycles. The predicted octanol–water partition coefficient (Wildman–Crippen LogP) is 2.17. The van der Waals surface area contributed by atoms with Crippen molar-refractivity contribution in [1.29, 1.82) is 0 Å². The average Bonchev–Trinajstić information content (AvgIpc) is 2.55. The zero-order chi connectivity index (χ0) is 18.3. The van der Waals surface area contributed by atoms with Gasteiger partial charge in [0.25, 0.3) is 0 Å². The lowest BCUT2D eigenvalue weighted by Gasteiger charge is -2.08. The number of hydrogen-bond donors (Lipinski definition) is 2. The molecule has 0 aromatic heterocycles. The molecule has 0 saturated heterocycles. The minimum Gasteiger partial charge on any atom is -0.457 e. The number of hydrogen-bond acceptors (Lipinski definition) is 4. The molecule has 2 aromatic rings. The summed E-state index contributed by atoms with van der Waals surface area (Å²) < 4.78 is 42.5. The Kier molecular flexibility index (Phi) is 6.49. The fraction of sp³-hybridized carbons (Fsp3) is 0.235. The van der Waals surface area contributed by atoms with Crippen molar-refractivity contribution in [3.8, 4) is 11.5 Å². The summed E-state index contributed by atoms with van der Waals surface area (Å²) in [6.07, 6.45) is 1.11.